The summed E-state index contributed by atoms with van der Waals surface area (Å²) in [4.78, 5) is 12.2. The zero-order valence-corrected chi connectivity index (χ0v) is 11.7. The lowest BCUT2D eigenvalue weighted by molar-refractivity contribution is -0.145. The normalized spacial score (nSPS) is 23.4. The maximum Gasteiger partial charge on any atom is 0.431 e. The van der Waals surface area contributed by atoms with Crippen LogP contribution in [0.3, 0.4) is 0 Å². The van der Waals surface area contributed by atoms with Crippen molar-refractivity contribution in [3.8, 4) is 0 Å². The van der Waals surface area contributed by atoms with Crippen molar-refractivity contribution in [3.05, 3.63) is 24.2 Å². The number of hydrogen-bond donors (Lipinski definition) is 1. The molecule has 116 valence electrons. The van der Waals surface area contributed by atoms with Gasteiger partial charge in [0.1, 0.15) is 5.71 Å². The van der Waals surface area contributed by atoms with Crippen molar-refractivity contribution in [2.75, 3.05) is 0 Å². The van der Waals surface area contributed by atoms with E-state index in [-0.39, 0.29) is 5.76 Å². The van der Waals surface area contributed by atoms with Crippen LogP contribution in [0.1, 0.15) is 37.7 Å². The largest absolute Gasteiger partial charge is 0.459 e. The minimum absolute atomic E-state index is 0.190. The van der Waals surface area contributed by atoms with Gasteiger partial charge in [-0.25, -0.2) is 0 Å². The first-order valence-corrected chi connectivity index (χ1v) is 6.22. The number of nitrogens with zero attached hydrogens (tertiary/aromatic N) is 2. The molecule has 1 aromatic rings. The standard InChI is InChI=1S/C13H15F3N2O3/c1-11(2,3)12(20)7-9(13(14,15)16)17-18(12)10(19)8-5-4-6-21-8/h4-6,20H,7H2,1-3H3. The molecule has 8 heteroatoms. The van der Waals surface area contributed by atoms with Crippen molar-refractivity contribution in [1.29, 1.82) is 0 Å². The number of hydrazone groups is 1. The van der Waals surface area contributed by atoms with Crippen LogP contribution in [0.4, 0.5) is 13.2 Å². The quantitative estimate of drug-likeness (QED) is 0.867. The molecule has 0 aromatic carbocycles. The van der Waals surface area contributed by atoms with E-state index in [0.29, 0.717) is 5.01 Å². The predicted molar refractivity (Wildman–Crippen MR) is 67.4 cm³/mol. The lowest BCUT2D eigenvalue weighted by atomic mass is 9.80. The Bertz CT molecular complexity index is 572. The third-order valence-corrected chi connectivity index (χ3v) is 3.44. The lowest BCUT2D eigenvalue weighted by Gasteiger charge is -2.41. The molecule has 2 heterocycles. The fraction of sp³-hybridized carbons (Fsp3) is 0.538. The first-order chi connectivity index (χ1) is 9.47. The minimum atomic E-state index is -4.71. The molecule has 1 amide bonds. The Balaban J connectivity index is 2.47. The fourth-order valence-electron chi connectivity index (χ4n) is 2.00. The number of hydrogen-bond acceptors (Lipinski definition) is 4. The van der Waals surface area contributed by atoms with Gasteiger partial charge in [0.05, 0.1) is 6.26 Å². The van der Waals surface area contributed by atoms with Gasteiger partial charge >= 0.3 is 12.1 Å². The predicted octanol–water partition coefficient (Wildman–Crippen LogP) is 2.78. The smallest absolute Gasteiger partial charge is 0.431 e. The monoisotopic (exact) mass is 304 g/mol. The molecule has 0 fully saturated rings. The molecule has 0 saturated heterocycles. The highest BCUT2D eigenvalue weighted by Gasteiger charge is 2.57. The third-order valence-electron chi connectivity index (χ3n) is 3.44. The molecule has 5 nitrogen and oxygen atoms in total. The highest BCUT2D eigenvalue weighted by Crippen LogP contribution is 2.43. The molecule has 0 bridgehead atoms. The summed E-state index contributed by atoms with van der Waals surface area (Å²) < 4.78 is 43.5. The van der Waals surface area contributed by atoms with E-state index in [4.69, 9.17) is 4.42 Å². The number of aliphatic hydroxyl groups is 1. The number of halogens is 3. The first-order valence-electron chi connectivity index (χ1n) is 6.22. The Morgan fingerprint density at radius 2 is 2.05 bits per heavy atom. The summed E-state index contributed by atoms with van der Waals surface area (Å²) in [7, 11) is 0. The summed E-state index contributed by atoms with van der Waals surface area (Å²) in [6.45, 7) is 4.60. The highest BCUT2D eigenvalue weighted by molar-refractivity contribution is 5.98. The van der Waals surface area contributed by atoms with E-state index in [2.05, 4.69) is 5.10 Å². The van der Waals surface area contributed by atoms with Crippen LogP contribution in [0, 0.1) is 5.41 Å². The van der Waals surface area contributed by atoms with Gasteiger partial charge in [-0.15, -0.1) is 0 Å². The summed E-state index contributed by atoms with van der Waals surface area (Å²) in [5.41, 5.74) is -4.31. The number of carbonyl (C=O) groups excluding carboxylic acids is 1. The molecule has 1 atom stereocenters. The molecule has 2 rings (SSSR count). The van der Waals surface area contributed by atoms with Crippen LogP contribution < -0.4 is 0 Å². The molecule has 1 aromatic heterocycles. The molecule has 0 aliphatic carbocycles. The molecule has 0 radical (unpaired) electrons. The lowest BCUT2D eigenvalue weighted by Crippen LogP contribution is -2.55. The van der Waals surface area contributed by atoms with Crippen LogP contribution in [-0.2, 0) is 0 Å². The second kappa shape index (κ2) is 4.59. The van der Waals surface area contributed by atoms with Gasteiger partial charge in [0.25, 0.3) is 0 Å². The summed E-state index contributed by atoms with van der Waals surface area (Å²) >= 11 is 0. The number of alkyl halides is 3. The van der Waals surface area contributed by atoms with Crippen LogP contribution in [0.15, 0.2) is 27.9 Å². The molecular weight excluding hydrogens is 289 g/mol. The van der Waals surface area contributed by atoms with E-state index in [1.165, 1.54) is 39.2 Å². The van der Waals surface area contributed by atoms with E-state index in [1.807, 2.05) is 0 Å². The van der Waals surface area contributed by atoms with Gasteiger partial charge in [0.2, 0.25) is 0 Å². The maximum absolute atomic E-state index is 12.9. The summed E-state index contributed by atoms with van der Waals surface area (Å²) in [5.74, 6) is -1.11. The average molecular weight is 304 g/mol. The molecule has 1 aliphatic heterocycles. The van der Waals surface area contributed by atoms with Crippen LogP contribution in [0.25, 0.3) is 0 Å². The van der Waals surface area contributed by atoms with Gasteiger partial charge in [-0.3, -0.25) is 4.79 Å². The minimum Gasteiger partial charge on any atom is -0.459 e. The fourth-order valence-corrected chi connectivity index (χ4v) is 2.00. The van der Waals surface area contributed by atoms with E-state index in [1.54, 1.807) is 0 Å². The van der Waals surface area contributed by atoms with Crippen LogP contribution >= 0.6 is 0 Å². The number of amides is 1. The molecule has 0 saturated carbocycles. The van der Waals surface area contributed by atoms with Gasteiger partial charge in [0, 0.05) is 11.8 Å². The zero-order chi connectivity index (χ0) is 16.1. The van der Waals surface area contributed by atoms with Gasteiger partial charge in [-0.2, -0.15) is 23.3 Å². The van der Waals surface area contributed by atoms with Crippen molar-refractivity contribution in [3.63, 3.8) is 0 Å². The summed E-state index contributed by atoms with van der Waals surface area (Å²) in [5, 5.41) is 14.4. The molecule has 1 aliphatic rings. The Kier molecular flexibility index (Phi) is 3.40. The van der Waals surface area contributed by atoms with Crippen molar-refractivity contribution in [2.45, 2.75) is 39.1 Å². The Morgan fingerprint density at radius 1 is 1.43 bits per heavy atom. The van der Waals surface area contributed by atoms with E-state index in [9.17, 15) is 23.1 Å². The van der Waals surface area contributed by atoms with E-state index < -0.39 is 35.4 Å². The first kappa shape index (κ1) is 15.6. The van der Waals surface area contributed by atoms with E-state index >= 15 is 0 Å². The Labute approximate surface area is 119 Å². The zero-order valence-electron chi connectivity index (χ0n) is 11.7. The molecule has 1 N–H and O–H groups in total. The van der Waals surface area contributed by atoms with Gasteiger partial charge in [-0.05, 0) is 12.1 Å². The molecule has 0 spiro atoms. The van der Waals surface area contributed by atoms with E-state index in [0.717, 1.165) is 0 Å². The van der Waals surface area contributed by atoms with Crippen molar-refractivity contribution >= 4 is 11.6 Å². The van der Waals surface area contributed by atoms with Gasteiger partial charge in [0.15, 0.2) is 11.5 Å². The van der Waals surface area contributed by atoms with Crippen molar-refractivity contribution in [1.82, 2.24) is 5.01 Å². The summed E-state index contributed by atoms with van der Waals surface area (Å²) in [6, 6.07) is 2.72. The van der Waals surface area contributed by atoms with Crippen LogP contribution in [-0.4, -0.2) is 33.6 Å². The van der Waals surface area contributed by atoms with Crippen molar-refractivity contribution in [2.24, 2.45) is 10.5 Å². The molecule has 1 unspecified atom stereocenters. The molecule has 21 heavy (non-hydrogen) atoms. The third kappa shape index (κ3) is 2.55. The van der Waals surface area contributed by atoms with Crippen LogP contribution in [0.5, 0.6) is 0 Å². The second-order valence-corrected chi connectivity index (χ2v) is 5.88. The van der Waals surface area contributed by atoms with Gasteiger partial charge in [-0.1, -0.05) is 20.8 Å². The highest BCUT2D eigenvalue weighted by atomic mass is 19.4. The number of furan rings is 1. The van der Waals surface area contributed by atoms with Crippen molar-refractivity contribution < 1.29 is 27.5 Å². The summed E-state index contributed by atoms with van der Waals surface area (Å²) in [6.07, 6.45) is -4.28. The van der Waals surface area contributed by atoms with Crippen LogP contribution in [0.2, 0.25) is 0 Å². The second-order valence-electron chi connectivity index (χ2n) is 5.88. The number of rotatable bonds is 1. The maximum atomic E-state index is 12.9. The topological polar surface area (TPSA) is 66.0 Å². The Hall–Kier alpha value is -1.83. The SMILES string of the molecule is CC(C)(C)C1(O)CC(C(F)(F)F)=NN1C(=O)c1ccco1. The average Bonchev–Trinajstić information content (AvgIpc) is 2.93. The number of carbonyl (C=O) groups is 1. The van der Waals surface area contributed by atoms with Gasteiger partial charge < -0.3 is 9.52 Å². The Morgan fingerprint density at radius 3 is 2.48 bits per heavy atom. The molecular formula is C13H15F3N2O3.